The fourth-order valence-corrected chi connectivity index (χ4v) is 2.26. The largest absolute Gasteiger partial charge is 0.508 e. The lowest BCUT2D eigenvalue weighted by Crippen LogP contribution is -2.42. The van der Waals surface area contributed by atoms with Crippen molar-refractivity contribution < 1.29 is 24.7 Å². The molecule has 8 heteroatoms. The number of rotatable bonds is 6. The lowest BCUT2D eigenvalue weighted by atomic mass is 10.0. The maximum Gasteiger partial charge on any atom is 0.326 e. The van der Waals surface area contributed by atoms with E-state index in [1.807, 2.05) is 0 Å². The molecule has 0 saturated heterocycles. The van der Waals surface area contributed by atoms with Gasteiger partial charge in [0, 0.05) is 23.6 Å². The predicted molar refractivity (Wildman–Crippen MR) is 88.5 cm³/mol. The minimum absolute atomic E-state index is 0.00857. The molecule has 0 aliphatic carbocycles. The molecule has 3 N–H and O–H groups in total. The van der Waals surface area contributed by atoms with E-state index in [9.17, 15) is 29.9 Å². The third kappa shape index (κ3) is 4.54. The number of amides is 1. The first-order valence-corrected chi connectivity index (χ1v) is 7.34. The smallest absolute Gasteiger partial charge is 0.326 e. The summed E-state index contributed by atoms with van der Waals surface area (Å²) in [7, 11) is 0. The van der Waals surface area contributed by atoms with E-state index in [1.165, 1.54) is 24.3 Å². The summed E-state index contributed by atoms with van der Waals surface area (Å²) in [6.45, 7) is 1.55. The lowest BCUT2D eigenvalue weighted by molar-refractivity contribution is -0.385. The number of carbonyl (C=O) groups excluding carboxylic acids is 1. The first-order valence-electron chi connectivity index (χ1n) is 7.34. The van der Waals surface area contributed by atoms with Gasteiger partial charge < -0.3 is 15.5 Å². The molecule has 0 radical (unpaired) electrons. The first kappa shape index (κ1) is 17.9. The standard InChI is InChI=1S/C17H16N2O6/c1-10-2-5-12(9-15(10)19(24)25)16(21)18-14(17(22)23)8-11-3-6-13(20)7-4-11/h2-7,9,14,20H,8H2,1H3,(H,18,21)(H,22,23). The molecule has 0 fully saturated rings. The number of nitrogens with one attached hydrogen (secondary N) is 1. The number of carboxylic acids is 1. The Morgan fingerprint density at radius 1 is 1.20 bits per heavy atom. The maximum atomic E-state index is 12.3. The zero-order chi connectivity index (χ0) is 18.6. The van der Waals surface area contributed by atoms with Crippen LogP contribution in [0.2, 0.25) is 0 Å². The fourth-order valence-electron chi connectivity index (χ4n) is 2.26. The van der Waals surface area contributed by atoms with E-state index in [2.05, 4.69) is 5.32 Å². The summed E-state index contributed by atoms with van der Waals surface area (Å²) in [6.07, 6.45) is 0.00923. The minimum atomic E-state index is -1.23. The molecule has 0 heterocycles. The molecule has 0 spiro atoms. The van der Waals surface area contributed by atoms with Crippen molar-refractivity contribution in [3.8, 4) is 5.75 Å². The van der Waals surface area contributed by atoms with Crippen LogP contribution < -0.4 is 5.32 Å². The van der Waals surface area contributed by atoms with Gasteiger partial charge in [0.25, 0.3) is 11.6 Å². The summed E-state index contributed by atoms with van der Waals surface area (Å²) in [5, 5.41) is 31.9. The molecule has 2 aromatic carbocycles. The van der Waals surface area contributed by atoms with Gasteiger partial charge in [-0.1, -0.05) is 18.2 Å². The summed E-state index contributed by atoms with van der Waals surface area (Å²) >= 11 is 0. The lowest BCUT2D eigenvalue weighted by Gasteiger charge is -2.15. The maximum absolute atomic E-state index is 12.3. The Morgan fingerprint density at radius 2 is 1.84 bits per heavy atom. The zero-order valence-electron chi connectivity index (χ0n) is 13.3. The number of nitrogens with zero attached hydrogens (tertiary/aromatic N) is 1. The van der Waals surface area contributed by atoms with E-state index < -0.39 is 22.8 Å². The Morgan fingerprint density at radius 3 is 2.40 bits per heavy atom. The number of phenolic OH excluding ortho intramolecular Hbond substituents is 1. The van der Waals surface area contributed by atoms with E-state index in [0.717, 1.165) is 6.07 Å². The van der Waals surface area contributed by atoms with E-state index in [4.69, 9.17) is 0 Å². The highest BCUT2D eigenvalue weighted by Gasteiger charge is 2.22. The number of nitro benzene ring substituents is 1. The van der Waals surface area contributed by atoms with Crippen LogP contribution in [0.3, 0.4) is 0 Å². The SMILES string of the molecule is Cc1ccc(C(=O)NC(Cc2ccc(O)cc2)C(=O)O)cc1[N+](=O)[O-]. The third-order valence-corrected chi connectivity index (χ3v) is 3.65. The topological polar surface area (TPSA) is 130 Å². The second-order valence-electron chi connectivity index (χ2n) is 5.49. The van der Waals surface area contributed by atoms with Crippen LogP contribution in [0.1, 0.15) is 21.5 Å². The Balaban J connectivity index is 2.17. The second kappa shape index (κ2) is 7.43. The van der Waals surface area contributed by atoms with Crippen molar-refractivity contribution in [2.24, 2.45) is 0 Å². The zero-order valence-corrected chi connectivity index (χ0v) is 13.3. The van der Waals surface area contributed by atoms with Crippen molar-refractivity contribution in [3.63, 3.8) is 0 Å². The van der Waals surface area contributed by atoms with Crippen molar-refractivity contribution in [1.29, 1.82) is 0 Å². The van der Waals surface area contributed by atoms with Crippen LogP contribution in [0.15, 0.2) is 42.5 Å². The van der Waals surface area contributed by atoms with Gasteiger partial charge in [-0.15, -0.1) is 0 Å². The highest BCUT2D eigenvalue weighted by molar-refractivity contribution is 5.97. The van der Waals surface area contributed by atoms with E-state index in [-0.39, 0.29) is 23.4 Å². The highest BCUT2D eigenvalue weighted by atomic mass is 16.6. The number of benzene rings is 2. The second-order valence-corrected chi connectivity index (χ2v) is 5.49. The molecule has 130 valence electrons. The van der Waals surface area contributed by atoms with Gasteiger partial charge in [0.1, 0.15) is 11.8 Å². The van der Waals surface area contributed by atoms with Gasteiger partial charge in [0.15, 0.2) is 0 Å². The van der Waals surface area contributed by atoms with E-state index in [0.29, 0.717) is 11.1 Å². The van der Waals surface area contributed by atoms with Crippen LogP contribution in [-0.2, 0) is 11.2 Å². The summed E-state index contributed by atoms with van der Waals surface area (Å²) in [5.74, 6) is -1.90. The van der Waals surface area contributed by atoms with E-state index in [1.54, 1.807) is 19.1 Å². The number of phenols is 1. The van der Waals surface area contributed by atoms with Crippen LogP contribution in [0.4, 0.5) is 5.69 Å². The third-order valence-electron chi connectivity index (χ3n) is 3.65. The average Bonchev–Trinajstić information content (AvgIpc) is 2.56. The molecular weight excluding hydrogens is 328 g/mol. The predicted octanol–water partition coefficient (Wildman–Crippen LogP) is 2.03. The molecule has 1 unspecified atom stereocenters. The monoisotopic (exact) mass is 344 g/mol. The van der Waals surface area contributed by atoms with Crippen molar-refractivity contribution in [1.82, 2.24) is 5.32 Å². The number of nitro groups is 1. The molecule has 2 rings (SSSR count). The number of aryl methyl sites for hydroxylation is 1. The van der Waals surface area contributed by atoms with Gasteiger partial charge in [-0.2, -0.15) is 0 Å². The fraction of sp³-hybridized carbons (Fsp3) is 0.176. The molecule has 1 amide bonds. The number of aliphatic carboxylic acids is 1. The molecule has 0 aliphatic rings. The highest BCUT2D eigenvalue weighted by Crippen LogP contribution is 2.19. The molecule has 8 nitrogen and oxygen atoms in total. The van der Waals surface area contributed by atoms with Gasteiger partial charge in [0.2, 0.25) is 0 Å². The van der Waals surface area contributed by atoms with Crippen LogP contribution in [0, 0.1) is 17.0 Å². The summed E-state index contributed by atoms with van der Waals surface area (Å²) < 4.78 is 0. The molecule has 1 atom stereocenters. The van der Waals surface area contributed by atoms with Crippen molar-refractivity contribution in [2.75, 3.05) is 0 Å². The van der Waals surface area contributed by atoms with Gasteiger partial charge >= 0.3 is 5.97 Å². The number of carbonyl (C=O) groups is 2. The van der Waals surface area contributed by atoms with Crippen molar-refractivity contribution in [3.05, 3.63) is 69.3 Å². The number of aromatic hydroxyl groups is 1. The molecule has 0 saturated carbocycles. The average molecular weight is 344 g/mol. The summed E-state index contributed by atoms with van der Waals surface area (Å²) in [4.78, 5) is 34.0. The normalized spacial score (nSPS) is 11.6. The first-order chi connectivity index (χ1) is 11.8. The molecule has 0 aromatic heterocycles. The number of hydrogen-bond donors (Lipinski definition) is 3. The minimum Gasteiger partial charge on any atom is -0.508 e. The van der Waals surface area contributed by atoms with Crippen molar-refractivity contribution in [2.45, 2.75) is 19.4 Å². The molecule has 0 bridgehead atoms. The Hall–Kier alpha value is -3.42. The van der Waals surface area contributed by atoms with Gasteiger partial charge in [-0.3, -0.25) is 14.9 Å². The Labute approximate surface area is 142 Å². The molecule has 2 aromatic rings. The number of hydrogen-bond acceptors (Lipinski definition) is 5. The van der Waals surface area contributed by atoms with Crippen LogP contribution >= 0.6 is 0 Å². The number of carboxylic acid groups (broad SMARTS) is 1. The van der Waals surface area contributed by atoms with Crippen LogP contribution in [0.5, 0.6) is 5.75 Å². The summed E-state index contributed by atoms with van der Waals surface area (Å²) in [6, 6.07) is 8.67. The van der Waals surface area contributed by atoms with Gasteiger partial charge in [-0.05, 0) is 30.7 Å². The van der Waals surface area contributed by atoms with Crippen molar-refractivity contribution >= 4 is 17.6 Å². The molecule has 25 heavy (non-hydrogen) atoms. The molecular formula is C17H16N2O6. The quantitative estimate of drug-likeness (QED) is 0.543. The Kier molecular flexibility index (Phi) is 5.33. The summed E-state index contributed by atoms with van der Waals surface area (Å²) in [5.41, 5.74) is 0.813. The van der Waals surface area contributed by atoms with Crippen LogP contribution in [0.25, 0.3) is 0 Å². The molecule has 0 aliphatic heterocycles. The van der Waals surface area contributed by atoms with E-state index >= 15 is 0 Å². The van der Waals surface area contributed by atoms with Crippen LogP contribution in [-0.4, -0.2) is 33.1 Å². The Bertz CT molecular complexity index is 816. The van der Waals surface area contributed by atoms with Gasteiger partial charge in [0.05, 0.1) is 4.92 Å². The van der Waals surface area contributed by atoms with Gasteiger partial charge in [-0.25, -0.2) is 4.79 Å².